The first kappa shape index (κ1) is 11.5. The topological polar surface area (TPSA) is 60.2 Å². The number of para-hydroxylation sites is 1. The average molecular weight is 285 g/mol. The first-order chi connectivity index (χ1) is 9.92. The lowest BCUT2D eigenvalue weighted by Gasteiger charge is -2.20. The lowest BCUT2D eigenvalue weighted by atomic mass is 10.1. The van der Waals surface area contributed by atoms with Crippen molar-refractivity contribution in [3.8, 4) is 27.9 Å². The molecule has 5 nitrogen and oxygen atoms in total. The van der Waals surface area contributed by atoms with E-state index in [1.54, 1.807) is 11.3 Å². The molecule has 0 fully saturated rings. The maximum atomic E-state index is 5.72. The fraction of sp³-hybridized carbons (Fsp3) is 0.143. The van der Waals surface area contributed by atoms with Gasteiger partial charge in [-0.05, 0) is 23.6 Å². The molecule has 0 saturated carbocycles. The summed E-state index contributed by atoms with van der Waals surface area (Å²) in [5.74, 6) is 1.87. The molecule has 4 rings (SSSR count). The summed E-state index contributed by atoms with van der Waals surface area (Å²) in [6.45, 7) is 1.44. The Balaban J connectivity index is 1.78. The molecule has 20 heavy (non-hydrogen) atoms. The first-order valence-corrected chi connectivity index (χ1v) is 7.17. The van der Waals surface area contributed by atoms with Gasteiger partial charge in [-0.1, -0.05) is 17.3 Å². The normalized spacial score (nSPS) is 13.4. The van der Waals surface area contributed by atoms with E-state index in [4.69, 9.17) is 9.26 Å². The summed E-state index contributed by atoms with van der Waals surface area (Å²) < 4.78 is 11.1. The predicted octanol–water partition coefficient (Wildman–Crippen LogP) is 3.27. The van der Waals surface area contributed by atoms with Crippen molar-refractivity contribution < 1.29 is 9.26 Å². The van der Waals surface area contributed by atoms with Gasteiger partial charge in [0.25, 0.3) is 5.89 Å². The van der Waals surface area contributed by atoms with Crippen LogP contribution >= 0.6 is 11.3 Å². The van der Waals surface area contributed by atoms with Crippen molar-refractivity contribution in [3.05, 3.63) is 35.7 Å². The molecule has 1 aliphatic rings. The van der Waals surface area contributed by atoms with E-state index in [0.717, 1.165) is 28.4 Å². The van der Waals surface area contributed by atoms with E-state index in [0.29, 0.717) is 18.3 Å². The van der Waals surface area contributed by atoms with Crippen LogP contribution in [0, 0.1) is 0 Å². The number of anilines is 1. The summed E-state index contributed by atoms with van der Waals surface area (Å²) in [7, 11) is 0. The maximum Gasteiger partial charge on any atom is 0.262 e. The largest absolute Gasteiger partial charge is 0.489 e. The Hall–Kier alpha value is -2.34. The minimum atomic E-state index is 0.481. The Morgan fingerprint density at radius 3 is 3.10 bits per heavy atom. The van der Waals surface area contributed by atoms with Gasteiger partial charge in [-0.15, -0.1) is 11.3 Å². The van der Waals surface area contributed by atoms with Crippen LogP contribution in [0.25, 0.3) is 22.2 Å². The number of fused-ring (bicyclic) bond motifs is 1. The molecule has 1 N–H and O–H groups in total. The van der Waals surface area contributed by atoms with Crippen LogP contribution in [-0.2, 0) is 0 Å². The molecule has 0 saturated heterocycles. The third-order valence-electron chi connectivity index (χ3n) is 3.08. The van der Waals surface area contributed by atoms with E-state index in [-0.39, 0.29) is 0 Å². The average Bonchev–Trinajstić information content (AvgIpc) is 3.17. The standard InChI is InChI=1S/C14H11N3O2S/c1-3-9(12-10(4-1)15-6-7-18-12)14-16-13(17-19-14)11-5-2-8-20-11/h1-5,8,15H,6-7H2. The van der Waals surface area contributed by atoms with Crippen LogP contribution in [0.1, 0.15) is 0 Å². The predicted molar refractivity (Wildman–Crippen MR) is 77.0 cm³/mol. The molecule has 1 aliphatic heterocycles. The van der Waals surface area contributed by atoms with Crippen LogP contribution < -0.4 is 10.1 Å². The smallest absolute Gasteiger partial charge is 0.262 e. The molecule has 0 spiro atoms. The molecule has 0 unspecified atom stereocenters. The second-order valence-electron chi connectivity index (χ2n) is 4.36. The van der Waals surface area contributed by atoms with Gasteiger partial charge < -0.3 is 14.6 Å². The summed E-state index contributed by atoms with van der Waals surface area (Å²) in [5.41, 5.74) is 1.79. The maximum absolute atomic E-state index is 5.72. The van der Waals surface area contributed by atoms with E-state index < -0.39 is 0 Å². The number of rotatable bonds is 2. The number of ether oxygens (including phenoxy) is 1. The molecule has 3 heterocycles. The zero-order valence-electron chi connectivity index (χ0n) is 10.5. The first-order valence-electron chi connectivity index (χ1n) is 6.29. The number of nitrogens with zero attached hydrogens (tertiary/aromatic N) is 2. The second kappa shape index (κ2) is 4.64. The molecule has 0 amide bonds. The Kier molecular flexibility index (Phi) is 2.67. The molecule has 100 valence electrons. The summed E-state index contributed by atoms with van der Waals surface area (Å²) in [6, 6.07) is 9.79. The van der Waals surface area contributed by atoms with Crippen molar-refractivity contribution in [3.63, 3.8) is 0 Å². The van der Waals surface area contributed by atoms with Gasteiger partial charge in [-0.25, -0.2) is 0 Å². The third kappa shape index (κ3) is 1.85. The quantitative estimate of drug-likeness (QED) is 0.783. The van der Waals surface area contributed by atoms with E-state index in [2.05, 4.69) is 15.5 Å². The molecule has 0 radical (unpaired) electrons. The Morgan fingerprint density at radius 2 is 2.20 bits per heavy atom. The number of hydrogen-bond acceptors (Lipinski definition) is 6. The highest BCUT2D eigenvalue weighted by atomic mass is 32.1. The lowest BCUT2D eigenvalue weighted by molar-refractivity contribution is 0.322. The second-order valence-corrected chi connectivity index (χ2v) is 5.31. The van der Waals surface area contributed by atoms with Gasteiger partial charge in [0.1, 0.15) is 6.61 Å². The Labute approximate surface area is 119 Å². The molecule has 3 aromatic rings. The molecule has 0 aliphatic carbocycles. The monoisotopic (exact) mass is 285 g/mol. The Morgan fingerprint density at radius 1 is 1.20 bits per heavy atom. The fourth-order valence-electron chi connectivity index (χ4n) is 2.18. The van der Waals surface area contributed by atoms with Crippen LogP contribution in [0.2, 0.25) is 0 Å². The van der Waals surface area contributed by atoms with Crippen molar-refractivity contribution >= 4 is 17.0 Å². The van der Waals surface area contributed by atoms with Crippen LogP contribution in [-0.4, -0.2) is 23.3 Å². The number of hydrogen-bond donors (Lipinski definition) is 1. The van der Waals surface area contributed by atoms with Crippen molar-refractivity contribution in [2.75, 3.05) is 18.5 Å². The van der Waals surface area contributed by atoms with E-state index in [1.807, 2.05) is 35.7 Å². The Bertz CT molecular complexity index is 737. The van der Waals surface area contributed by atoms with Crippen molar-refractivity contribution in [2.24, 2.45) is 0 Å². The highest BCUT2D eigenvalue weighted by molar-refractivity contribution is 7.13. The van der Waals surface area contributed by atoms with Crippen molar-refractivity contribution in [2.45, 2.75) is 0 Å². The molecule has 0 bridgehead atoms. The lowest BCUT2D eigenvalue weighted by Crippen LogP contribution is -2.18. The van der Waals surface area contributed by atoms with Gasteiger partial charge in [0.2, 0.25) is 5.82 Å². The molecule has 1 aromatic carbocycles. The highest BCUT2D eigenvalue weighted by Crippen LogP contribution is 2.38. The van der Waals surface area contributed by atoms with Crippen molar-refractivity contribution in [1.82, 2.24) is 10.1 Å². The molecule has 2 aromatic heterocycles. The van der Waals surface area contributed by atoms with Gasteiger partial charge in [0, 0.05) is 6.54 Å². The van der Waals surface area contributed by atoms with Gasteiger partial charge in [-0.3, -0.25) is 0 Å². The molecule has 6 heteroatoms. The number of aromatic nitrogens is 2. The summed E-state index contributed by atoms with van der Waals surface area (Å²) >= 11 is 1.58. The third-order valence-corrected chi connectivity index (χ3v) is 3.94. The van der Waals surface area contributed by atoms with E-state index in [9.17, 15) is 0 Å². The summed E-state index contributed by atoms with van der Waals surface area (Å²) in [4.78, 5) is 5.45. The molecular formula is C14H11N3O2S. The fourth-order valence-corrected chi connectivity index (χ4v) is 2.83. The minimum Gasteiger partial charge on any atom is -0.489 e. The number of benzene rings is 1. The minimum absolute atomic E-state index is 0.481. The van der Waals surface area contributed by atoms with Crippen LogP contribution in [0.4, 0.5) is 5.69 Å². The zero-order chi connectivity index (χ0) is 13.4. The highest BCUT2D eigenvalue weighted by Gasteiger charge is 2.20. The molecular weight excluding hydrogens is 274 g/mol. The molecule has 0 atom stereocenters. The van der Waals surface area contributed by atoms with Crippen LogP contribution in [0.3, 0.4) is 0 Å². The van der Waals surface area contributed by atoms with Gasteiger partial charge >= 0.3 is 0 Å². The van der Waals surface area contributed by atoms with Gasteiger partial charge in [0.05, 0.1) is 16.1 Å². The van der Waals surface area contributed by atoms with E-state index >= 15 is 0 Å². The number of nitrogens with one attached hydrogen (secondary N) is 1. The SMILES string of the molecule is c1csc(-c2noc(-c3cccc4c3OCCN4)n2)c1. The zero-order valence-corrected chi connectivity index (χ0v) is 11.3. The van der Waals surface area contributed by atoms with E-state index in [1.165, 1.54) is 0 Å². The van der Waals surface area contributed by atoms with Crippen LogP contribution in [0.15, 0.2) is 40.2 Å². The van der Waals surface area contributed by atoms with Gasteiger partial charge in [-0.2, -0.15) is 4.98 Å². The number of thiophene rings is 1. The van der Waals surface area contributed by atoms with Gasteiger partial charge in [0.15, 0.2) is 5.75 Å². The summed E-state index contributed by atoms with van der Waals surface area (Å²) in [6.07, 6.45) is 0. The van der Waals surface area contributed by atoms with Crippen LogP contribution in [0.5, 0.6) is 5.75 Å². The summed E-state index contributed by atoms with van der Waals surface area (Å²) in [5, 5.41) is 9.32. The van der Waals surface area contributed by atoms with Crippen molar-refractivity contribution in [1.29, 1.82) is 0 Å².